The maximum Gasteiger partial charge on any atom is 0.191 e. The van der Waals surface area contributed by atoms with Gasteiger partial charge < -0.3 is 20.1 Å². The van der Waals surface area contributed by atoms with E-state index < -0.39 is 0 Å². The molecule has 2 aliphatic rings. The summed E-state index contributed by atoms with van der Waals surface area (Å²) in [7, 11) is 1.73. The van der Waals surface area contributed by atoms with E-state index >= 15 is 0 Å². The van der Waals surface area contributed by atoms with Crippen molar-refractivity contribution in [2.75, 3.05) is 33.4 Å². The molecule has 26 heavy (non-hydrogen) atoms. The van der Waals surface area contributed by atoms with Gasteiger partial charge in [0.05, 0.1) is 12.7 Å². The molecule has 0 aromatic heterocycles. The molecule has 1 aromatic carbocycles. The minimum absolute atomic E-state index is 0.0944. The van der Waals surface area contributed by atoms with Gasteiger partial charge in [-0.25, -0.2) is 4.39 Å². The molecule has 1 aromatic rings. The Balaban J connectivity index is 1.33. The summed E-state index contributed by atoms with van der Waals surface area (Å²) in [4.78, 5) is 4.23. The summed E-state index contributed by atoms with van der Waals surface area (Å²) < 4.78 is 25.2. The molecule has 1 aliphatic carbocycles. The second-order valence-electron chi connectivity index (χ2n) is 6.79. The Bertz CT molecular complexity index is 603. The number of guanidine groups is 1. The van der Waals surface area contributed by atoms with Crippen molar-refractivity contribution >= 4 is 17.6 Å². The zero-order valence-electron chi connectivity index (χ0n) is 15.1. The Morgan fingerprint density at radius 1 is 1.46 bits per heavy atom. The summed E-state index contributed by atoms with van der Waals surface area (Å²) in [6.07, 6.45) is 4.25. The van der Waals surface area contributed by atoms with E-state index in [1.165, 1.54) is 6.07 Å². The highest BCUT2D eigenvalue weighted by Crippen LogP contribution is 2.44. The molecule has 5 nitrogen and oxygen atoms in total. The van der Waals surface area contributed by atoms with Crippen LogP contribution in [0.1, 0.15) is 37.2 Å². The standard InChI is InChI=1S/C19H27ClFN3O2/c1-22-19(23-8-4-9-25-12-13-5-3-10-26-13)24-17-11-14(17)18-15(20)6-2-7-16(18)21/h2,6-7,13-14,17H,3-5,8-12H2,1H3,(H2,22,23,24). The third-order valence-electron chi connectivity index (χ3n) is 4.79. The second kappa shape index (κ2) is 9.53. The average molecular weight is 384 g/mol. The van der Waals surface area contributed by atoms with Crippen LogP contribution in [0.2, 0.25) is 5.02 Å². The van der Waals surface area contributed by atoms with Crippen LogP contribution in [-0.4, -0.2) is 51.5 Å². The third kappa shape index (κ3) is 5.32. The molecular weight excluding hydrogens is 357 g/mol. The molecule has 2 fully saturated rings. The number of aliphatic imine (C=N–C) groups is 1. The van der Waals surface area contributed by atoms with Crippen LogP contribution in [0.4, 0.5) is 4.39 Å². The maximum atomic E-state index is 14.0. The number of rotatable bonds is 8. The lowest BCUT2D eigenvalue weighted by Crippen LogP contribution is -2.39. The summed E-state index contributed by atoms with van der Waals surface area (Å²) >= 11 is 6.14. The fourth-order valence-electron chi connectivity index (χ4n) is 3.28. The molecule has 3 rings (SSSR count). The van der Waals surface area contributed by atoms with E-state index in [4.69, 9.17) is 21.1 Å². The van der Waals surface area contributed by atoms with Crippen LogP contribution >= 0.6 is 11.6 Å². The summed E-state index contributed by atoms with van der Waals surface area (Å²) in [5.74, 6) is 0.583. The smallest absolute Gasteiger partial charge is 0.191 e. The van der Waals surface area contributed by atoms with Crippen LogP contribution in [0.5, 0.6) is 0 Å². The van der Waals surface area contributed by atoms with Gasteiger partial charge in [0.1, 0.15) is 5.82 Å². The van der Waals surface area contributed by atoms with Gasteiger partial charge in [-0.05, 0) is 37.8 Å². The Hall–Kier alpha value is -1.37. The normalized spacial score (nSPS) is 25.3. The van der Waals surface area contributed by atoms with Crippen LogP contribution in [0.25, 0.3) is 0 Å². The highest BCUT2D eigenvalue weighted by Gasteiger charge is 2.41. The maximum absolute atomic E-state index is 14.0. The van der Waals surface area contributed by atoms with Gasteiger partial charge in [-0.3, -0.25) is 4.99 Å². The van der Waals surface area contributed by atoms with Crippen molar-refractivity contribution in [1.82, 2.24) is 10.6 Å². The molecule has 1 saturated carbocycles. The van der Waals surface area contributed by atoms with E-state index in [1.807, 2.05) is 0 Å². The van der Waals surface area contributed by atoms with E-state index in [-0.39, 0.29) is 23.9 Å². The quantitative estimate of drug-likeness (QED) is 0.411. The van der Waals surface area contributed by atoms with E-state index in [1.54, 1.807) is 19.2 Å². The molecule has 1 aliphatic heterocycles. The first-order valence-electron chi connectivity index (χ1n) is 9.29. The van der Waals surface area contributed by atoms with Crippen LogP contribution < -0.4 is 10.6 Å². The van der Waals surface area contributed by atoms with Crippen LogP contribution in [0.3, 0.4) is 0 Å². The molecule has 0 radical (unpaired) electrons. The summed E-state index contributed by atoms with van der Waals surface area (Å²) in [6, 6.07) is 4.98. The number of halogens is 2. The predicted molar refractivity (Wildman–Crippen MR) is 101 cm³/mol. The fraction of sp³-hybridized carbons (Fsp3) is 0.632. The SMILES string of the molecule is CN=C(NCCCOCC1CCCO1)NC1CC1c1c(F)cccc1Cl. The van der Waals surface area contributed by atoms with E-state index in [0.717, 1.165) is 44.8 Å². The van der Waals surface area contributed by atoms with Gasteiger partial charge in [-0.15, -0.1) is 0 Å². The van der Waals surface area contributed by atoms with E-state index in [9.17, 15) is 4.39 Å². The summed E-state index contributed by atoms with van der Waals surface area (Å²) in [5.41, 5.74) is 0.602. The number of nitrogens with one attached hydrogen (secondary N) is 2. The first-order valence-corrected chi connectivity index (χ1v) is 9.67. The Morgan fingerprint density at radius 2 is 2.35 bits per heavy atom. The van der Waals surface area contributed by atoms with Gasteiger partial charge in [0.15, 0.2) is 5.96 Å². The van der Waals surface area contributed by atoms with Gasteiger partial charge in [0.25, 0.3) is 0 Å². The lowest BCUT2D eigenvalue weighted by Gasteiger charge is -2.13. The zero-order valence-corrected chi connectivity index (χ0v) is 15.9. The molecule has 0 amide bonds. The molecule has 0 bridgehead atoms. The monoisotopic (exact) mass is 383 g/mol. The summed E-state index contributed by atoms with van der Waals surface area (Å²) in [5, 5.41) is 7.09. The Kier molecular flexibility index (Phi) is 7.11. The van der Waals surface area contributed by atoms with Crippen molar-refractivity contribution in [3.63, 3.8) is 0 Å². The number of nitrogens with zero attached hydrogens (tertiary/aromatic N) is 1. The van der Waals surface area contributed by atoms with E-state index in [0.29, 0.717) is 23.8 Å². The topological polar surface area (TPSA) is 54.9 Å². The number of ether oxygens (including phenoxy) is 2. The van der Waals surface area contributed by atoms with Crippen LogP contribution in [0.15, 0.2) is 23.2 Å². The Labute approximate surface area is 159 Å². The van der Waals surface area contributed by atoms with Crippen molar-refractivity contribution in [2.45, 2.75) is 43.7 Å². The minimum atomic E-state index is -0.238. The van der Waals surface area contributed by atoms with Gasteiger partial charge in [0.2, 0.25) is 0 Å². The van der Waals surface area contributed by atoms with Crippen molar-refractivity contribution < 1.29 is 13.9 Å². The van der Waals surface area contributed by atoms with Crippen molar-refractivity contribution in [1.29, 1.82) is 0 Å². The van der Waals surface area contributed by atoms with Crippen molar-refractivity contribution in [3.8, 4) is 0 Å². The van der Waals surface area contributed by atoms with Gasteiger partial charge in [-0.1, -0.05) is 17.7 Å². The number of benzene rings is 1. The highest BCUT2D eigenvalue weighted by atomic mass is 35.5. The predicted octanol–water partition coefficient (Wildman–Crippen LogP) is 3.09. The number of hydrogen-bond acceptors (Lipinski definition) is 3. The van der Waals surface area contributed by atoms with Crippen LogP contribution in [-0.2, 0) is 9.47 Å². The molecular formula is C19H27ClFN3O2. The molecule has 7 heteroatoms. The van der Waals surface area contributed by atoms with Crippen LogP contribution in [0, 0.1) is 5.82 Å². The average Bonchev–Trinajstić information content (AvgIpc) is 3.16. The van der Waals surface area contributed by atoms with Crippen molar-refractivity contribution in [3.05, 3.63) is 34.6 Å². The molecule has 3 atom stereocenters. The number of hydrogen-bond donors (Lipinski definition) is 2. The first kappa shape index (κ1) is 19.4. The fourth-order valence-corrected chi connectivity index (χ4v) is 3.58. The van der Waals surface area contributed by atoms with Gasteiger partial charge >= 0.3 is 0 Å². The van der Waals surface area contributed by atoms with Gasteiger partial charge in [-0.2, -0.15) is 0 Å². The van der Waals surface area contributed by atoms with E-state index in [2.05, 4.69) is 15.6 Å². The molecule has 1 saturated heterocycles. The third-order valence-corrected chi connectivity index (χ3v) is 5.12. The molecule has 2 N–H and O–H groups in total. The zero-order chi connectivity index (χ0) is 18.4. The largest absolute Gasteiger partial charge is 0.379 e. The molecule has 1 heterocycles. The Morgan fingerprint density at radius 3 is 3.08 bits per heavy atom. The molecule has 0 spiro atoms. The molecule has 144 valence electrons. The van der Waals surface area contributed by atoms with Gasteiger partial charge in [0, 0.05) is 49.4 Å². The van der Waals surface area contributed by atoms with Crippen molar-refractivity contribution in [2.24, 2.45) is 4.99 Å². The highest BCUT2D eigenvalue weighted by molar-refractivity contribution is 6.31. The lowest BCUT2D eigenvalue weighted by atomic mass is 10.1. The minimum Gasteiger partial charge on any atom is -0.379 e. The summed E-state index contributed by atoms with van der Waals surface area (Å²) in [6.45, 7) is 3.00. The lowest BCUT2D eigenvalue weighted by molar-refractivity contribution is 0.0168. The first-order chi connectivity index (χ1) is 12.7. The molecule has 3 unspecified atom stereocenters. The second-order valence-corrected chi connectivity index (χ2v) is 7.20.